The summed E-state index contributed by atoms with van der Waals surface area (Å²) in [6, 6.07) is 16.0. The molecule has 1 N–H and O–H groups in total. The predicted molar refractivity (Wildman–Crippen MR) is 171 cm³/mol. The number of hydrogen-bond acceptors (Lipinski definition) is 6. The van der Waals surface area contributed by atoms with Gasteiger partial charge in [0.05, 0.1) is 17.1 Å². The van der Waals surface area contributed by atoms with E-state index in [1.807, 2.05) is 38.1 Å². The van der Waals surface area contributed by atoms with Gasteiger partial charge in [-0.15, -0.1) is 18.3 Å². The Kier molecular flexibility index (Phi) is 8.80. The number of fused-ring (bicyclic) bond motifs is 1. The first-order valence-electron chi connectivity index (χ1n) is 14.5. The van der Waals surface area contributed by atoms with Crippen LogP contribution in [0, 0.1) is 0 Å². The molecule has 2 aliphatic rings. The SMILES string of the molecule is CC(C)c1ccc(Cl)cc1N1C(=O)CS/C1=N\C(=O)NC1CCc2cc(-c3ncn(-c4ccc(OC(F)(F)F)cc4)n3)ccc2C1. The number of halogens is 4. The number of aliphatic imine (C=N–C) groups is 1. The fourth-order valence-electron chi connectivity index (χ4n) is 5.51. The molecule has 14 heteroatoms. The molecule has 1 unspecified atom stereocenters. The maximum atomic E-state index is 13.0. The van der Waals surface area contributed by atoms with Gasteiger partial charge in [0.2, 0.25) is 5.91 Å². The van der Waals surface area contributed by atoms with Gasteiger partial charge in [-0.3, -0.25) is 9.69 Å². The Balaban J connectivity index is 1.11. The summed E-state index contributed by atoms with van der Waals surface area (Å²) in [7, 11) is 0. The van der Waals surface area contributed by atoms with Crippen LogP contribution in [0.3, 0.4) is 0 Å². The number of ether oxygens (including phenoxy) is 1. The number of benzene rings is 3. The van der Waals surface area contributed by atoms with Gasteiger partial charge < -0.3 is 10.1 Å². The Labute approximate surface area is 271 Å². The normalized spacial score (nSPS) is 17.5. The molecular weight excluding hydrogens is 641 g/mol. The van der Waals surface area contributed by atoms with Gasteiger partial charge in [0.15, 0.2) is 11.0 Å². The lowest BCUT2D eigenvalue weighted by Gasteiger charge is -2.25. The van der Waals surface area contributed by atoms with Crippen molar-refractivity contribution in [2.45, 2.75) is 51.4 Å². The average Bonchev–Trinajstić information content (AvgIpc) is 3.63. The van der Waals surface area contributed by atoms with Gasteiger partial charge in [-0.25, -0.2) is 14.5 Å². The number of amidine groups is 1. The summed E-state index contributed by atoms with van der Waals surface area (Å²) in [4.78, 5) is 36.0. The van der Waals surface area contributed by atoms with Crippen molar-refractivity contribution in [1.29, 1.82) is 0 Å². The van der Waals surface area contributed by atoms with E-state index in [0.29, 0.717) is 46.7 Å². The van der Waals surface area contributed by atoms with Crippen LogP contribution in [0.2, 0.25) is 5.02 Å². The number of carbonyl (C=O) groups excluding carboxylic acids is 2. The molecule has 3 amide bonds. The molecule has 238 valence electrons. The number of amides is 3. The first kappa shape index (κ1) is 31.6. The molecule has 46 heavy (non-hydrogen) atoms. The van der Waals surface area contributed by atoms with Crippen LogP contribution in [0.1, 0.15) is 42.9 Å². The second kappa shape index (κ2) is 12.8. The second-order valence-corrected chi connectivity index (χ2v) is 12.6. The Morgan fingerprint density at radius 1 is 1.11 bits per heavy atom. The van der Waals surface area contributed by atoms with Gasteiger partial charge in [-0.05, 0) is 84.3 Å². The zero-order chi connectivity index (χ0) is 32.6. The summed E-state index contributed by atoms with van der Waals surface area (Å²) in [6.45, 7) is 4.06. The topological polar surface area (TPSA) is 102 Å². The van der Waals surface area contributed by atoms with Gasteiger partial charge in [-0.2, -0.15) is 4.99 Å². The number of rotatable bonds is 6. The minimum atomic E-state index is -4.76. The van der Waals surface area contributed by atoms with Crippen LogP contribution < -0.4 is 15.0 Å². The van der Waals surface area contributed by atoms with E-state index >= 15 is 0 Å². The van der Waals surface area contributed by atoms with E-state index in [1.165, 1.54) is 51.9 Å². The number of anilines is 1. The molecule has 0 radical (unpaired) electrons. The van der Waals surface area contributed by atoms with Crippen molar-refractivity contribution in [2.24, 2.45) is 4.99 Å². The monoisotopic (exact) mass is 668 g/mol. The number of carbonyl (C=O) groups is 2. The minimum Gasteiger partial charge on any atom is -0.406 e. The highest BCUT2D eigenvalue weighted by molar-refractivity contribution is 8.15. The summed E-state index contributed by atoms with van der Waals surface area (Å²) in [5, 5.41) is 8.32. The number of nitrogens with one attached hydrogen (secondary N) is 1. The minimum absolute atomic E-state index is 0.134. The molecule has 0 spiro atoms. The Bertz CT molecular complexity index is 1830. The lowest BCUT2D eigenvalue weighted by Crippen LogP contribution is -2.38. The van der Waals surface area contributed by atoms with Crippen LogP contribution in [-0.4, -0.2) is 50.0 Å². The third kappa shape index (κ3) is 7.05. The zero-order valence-electron chi connectivity index (χ0n) is 24.7. The Hall–Kier alpha value is -4.36. The third-order valence-corrected chi connectivity index (χ3v) is 8.82. The number of alkyl halides is 3. The zero-order valence-corrected chi connectivity index (χ0v) is 26.3. The summed E-state index contributed by atoms with van der Waals surface area (Å²) >= 11 is 7.48. The van der Waals surface area contributed by atoms with Gasteiger partial charge in [0.1, 0.15) is 12.1 Å². The van der Waals surface area contributed by atoms with Crippen LogP contribution >= 0.6 is 23.4 Å². The number of urea groups is 1. The van der Waals surface area contributed by atoms with Crippen molar-refractivity contribution in [3.8, 4) is 22.8 Å². The highest BCUT2D eigenvalue weighted by atomic mass is 35.5. The van der Waals surface area contributed by atoms with E-state index in [0.717, 1.165) is 22.3 Å². The van der Waals surface area contributed by atoms with Crippen molar-refractivity contribution >= 4 is 46.2 Å². The lowest BCUT2D eigenvalue weighted by atomic mass is 9.87. The molecule has 1 atom stereocenters. The predicted octanol–water partition coefficient (Wildman–Crippen LogP) is 7.31. The van der Waals surface area contributed by atoms with E-state index in [2.05, 4.69) is 25.1 Å². The molecule has 1 aromatic heterocycles. The van der Waals surface area contributed by atoms with E-state index < -0.39 is 12.4 Å². The second-order valence-electron chi connectivity index (χ2n) is 11.2. The number of nitrogens with zero attached hydrogens (tertiary/aromatic N) is 5. The van der Waals surface area contributed by atoms with Crippen LogP contribution in [0.15, 0.2) is 72.0 Å². The quantitative estimate of drug-likeness (QED) is 0.231. The van der Waals surface area contributed by atoms with Gasteiger partial charge in [-0.1, -0.05) is 55.4 Å². The summed E-state index contributed by atoms with van der Waals surface area (Å²) in [5.74, 6) is 0.318. The Morgan fingerprint density at radius 3 is 2.63 bits per heavy atom. The molecule has 3 aromatic carbocycles. The van der Waals surface area contributed by atoms with Crippen LogP contribution in [0.5, 0.6) is 5.75 Å². The first-order valence-corrected chi connectivity index (χ1v) is 15.8. The van der Waals surface area contributed by atoms with Crippen LogP contribution in [0.25, 0.3) is 17.1 Å². The number of aryl methyl sites for hydroxylation is 1. The highest BCUT2D eigenvalue weighted by Crippen LogP contribution is 2.35. The van der Waals surface area contributed by atoms with Crippen molar-refractivity contribution in [2.75, 3.05) is 10.7 Å². The van der Waals surface area contributed by atoms with Crippen molar-refractivity contribution in [3.63, 3.8) is 0 Å². The molecule has 6 rings (SSSR count). The number of thioether (sulfide) groups is 1. The van der Waals surface area contributed by atoms with Gasteiger partial charge in [0, 0.05) is 16.6 Å². The van der Waals surface area contributed by atoms with Crippen molar-refractivity contribution < 1.29 is 27.5 Å². The lowest BCUT2D eigenvalue weighted by molar-refractivity contribution is -0.274. The summed E-state index contributed by atoms with van der Waals surface area (Å²) < 4.78 is 42.8. The molecule has 1 aliphatic heterocycles. The Morgan fingerprint density at radius 2 is 1.89 bits per heavy atom. The van der Waals surface area contributed by atoms with E-state index in [4.69, 9.17) is 11.6 Å². The van der Waals surface area contributed by atoms with Gasteiger partial charge >= 0.3 is 12.4 Å². The van der Waals surface area contributed by atoms with Crippen molar-refractivity contribution in [3.05, 3.63) is 88.7 Å². The summed E-state index contributed by atoms with van der Waals surface area (Å²) in [6.07, 6.45) is -1.24. The van der Waals surface area contributed by atoms with Crippen LogP contribution in [-0.2, 0) is 17.6 Å². The largest absolute Gasteiger partial charge is 0.573 e. The smallest absolute Gasteiger partial charge is 0.406 e. The standard InChI is InChI=1S/C32H28ClF3N6O3S/c1-18(2)26-12-6-22(33)15-27(26)42-28(43)16-46-31(42)39-30(44)38-23-7-5-19-13-21(4-3-20(19)14-23)29-37-17-41(40-29)24-8-10-25(11-9-24)45-32(34,35)36/h3-4,6,8-13,15,17-18,23H,5,7,14,16H2,1-2H3,(H,38,44)/b39-31-. The average molecular weight is 669 g/mol. The number of hydrogen-bond donors (Lipinski definition) is 1. The maximum absolute atomic E-state index is 13.0. The van der Waals surface area contributed by atoms with Crippen LogP contribution in [0.4, 0.5) is 23.7 Å². The molecule has 2 heterocycles. The molecule has 1 saturated heterocycles. The van der Waals surface area contributed by atoms with Crippen molar-refractivity contribution in [1.82, 2.24) is 20.1 Å². The molecule has 1 fully saturated rings. The van der Waals surface area contributed by atoms with E-state index in [1.54, 1.807) is 12.1 Å². The number of aromatic nitrogens is 3. The molecule has 0 bridgehead atoms. The fourth-order valence-corrected chi connectivity index (χ4v) is 6.54. The summed E-state index contributed by atoms with van der Waals surface area (Å²) in [5.41, 5.74) is 5.11. The first-order chi connectivity index (χ1) is 21.9. The molecule has 4 aromatic rings. The highest BCUT2D eigenvalue weighted by Gasteiger charge is 2.33. The molecule has 9 nitrogen and oxygen atoms in total. The third-order valence-electron chi connectivity index (χ3n) is 7.67. The fraction of sp³-hybridized carbons (Fsp3) is 0.281. The molecular formula is C32H28ClF3N6O3S. The van der Waals surface area contributed by atoms with Gasteiger partial charge in [0.25, 0.3) is 0 Å². The molecule has 1 aliphatic carbocycles. The van der Waals surface area contributed by atoms with E-state index in [9.17, 15) is 22.8 Å². The molecule has 0 saturated carbocycles. The van der Waals surface area contributed by atoms with E-state index in [-0.39, 0.29) is 29.4 Å². The maximum Gasteiger partial charge on any atom is 0.573 e.